The molecule has 8 heteroatoms. The maximum atomic E-state index is 13.3. The van der Waals surface area contributed by atoms with Gasteiger partial charge in [0.25, 0.3) is 0 Å². The van der Waals surface area contributed by atoms with Gasteiger partial charge in [-0.3, -0.25) is 19.5 Å². The monoisotopic (exact) mass is 400 g/mol. The number of thiazole rings is 1. The number of amides is 1. The molecule has 0 spiro atoms. The number of pyridine rings is 1. The summed E-state index contributed by atoms with van der Waals surface area (Å²) in [6.45, 7) is 0.630. The van der Waals surface area contributed by atoms with Crippen molar-refractivity contribution < 1.29 is 14.3 Å². The molecule has 2 fully saturated rings. The smallest absolute Gasteiger partial charge is 0.325 e. The highest BCUT2D eigenvalue weighted by Crippen LogP contribution is 2.52. The van der Waals surface area contributed by atoms with Crippen LogP contribution in [0.1, 0.15) is 30.7 Å². The summed E-state index contributed by atoms with van der Waals surface area (Å²) in [7, 11) is 1.33. The van der Waals surface area contributed by atoms with Crippen molar-refractivity contribution in [2.45, 2.75) is 44.3 Å². The molecule has 2 aromatic heterocycles. The first-order valence-electron chi connectivity index (χ1n) is 9.50. The maximum Gasteiger partial charge on any atom is 0.325 e. The van der Waals surface area contributed by atoms with Crippen LogP contribution in [0.3, 0.4) is 0 Å². The topological polar surface area (TPSA) is 84.4 Å². The van der Waals surface area contributed by atoms with E-state index in [-0.39, 0.29) is 18.5 Å². The lowest BCUT2D eigenvalue weighted by Crippen LogP contribution is -2.51. The van der Waals surface area contributed by atoms with E-state index in [0.717, 1.165) is 37.2 Å². The Bertz CT molecular complexity index is 829. The minimum Gasteiger partial charge on any atom is -0.468 e. The molecule has 148 valence electrons. The van der Waals surface area contributed by atoms with Crippen molar-refractivity contribution in [2.24, 2.45) is 5.41 Å². The minimum atomic E-state index is -0.584. The first-order valence-corrected chi connectivity index (χ1v) is 10.4. The van der Waals surface area contributed by atoms with Gasteiger partial charge in [0.2, 0.25) is 5.91 Å². The van der Waals surface area contributed by atoms with Crippen molar-refractivity contribution in [2.75, 3.05) is 13.7 Å². The second-order valence-corrected chi connectivity index (χ2v) is 8.23. The van der Waals surface area contributed by atoms with Gasteiger partial charge in [-0.25, -0.2) is 4.98 Å². The zero-order chi connectivity index (χ0) is 19.6. The SMILES string of the molecule is COC(=O)CNC(=O)[C@@]1(Cc2cscn2)C[C@H]2CC[C@@H]1N2Cc1ccccn1. The molecular formula is C20H24N4O3S. The second kappa shape index (κ2) is 7.97. The third-order valence-corrected chi connectivity index (χ3v) is 6.64. The Labute approximate surface area is 168 Å². The fraction of sp³-hybridized carbons (Fsp3) is 0.500. The summed E-state index contributed by atoms with van der Waals surface area (Å²) in [5.74, 6) is -0.519. The van der Waals surface area contributed by atoms with Crippen molar-refractivity contribution >= 4 is 23.2 Å². The van der Waals surface area contributed by atoms with E-state index in [1.165, 1.54) is 18.4 Å². The van der Waals surface area contributed by atoms with Crippen LogP contribution in [0, 0.1) is 5.41 Å². The quantitative estimate of drug-likeness (QED) is 0.714. The van der Waals surface area contributed by atoms with E-state index < -0.39 is 11.4 Å². The van der Waals surface area contributed by atoms with Crippen LogP contribution in [-0.2, 0) is 27.3 Å². The van der Waals surface area contributed by atoms with Crippen LogP contribution in [0.2, 0.25) is 0 Å². The lowest BCUT2D eigenvalue weighted by atomic mass is 9.70. The number of nitrogens with one attached hydrogen (secondary N) is 1. The fourth-order valence-electron chi connectivity index (χ4n) is 4.79. The molecule has 2 bridgehead atoms. The number of aromatic nitrogens is 2. The fourth-order valence-corrected chi connectivity index (χ4v) is 5.35. The van der Waals surface area contributed by atoms with Crippen molar-refractivity contribution in [3.8, 4) is 0 Å². The number of esters is 1. The molecule has 1 amide bonds. The van der Waals surface area contributed by atoms with Gasteiger partial charge in [-0.15, -0.1) is 11.3 Å². The zero-order valence-corrected chi connectivity index (χ0v) is 16.7. The van der Waals surface area contributed by atoms with Crippen molar-refractivity contribution in [1.29, 1.82) is 0 Å². The van der Waals surface area contributed by atoms with Crippen LogP contribution in [-0.4, -0.2) is 52.5 Å². The number of ether oxygens (including phenoxy) is 1. The Balaban J connectivity index is 1.58. The van der Waals surface area contributed by atoms with Gasteiger partial charge in [-0.2, -0.15) is 0 Å². The van der Waals surface area contributed by atoms with E-state index in [4.69, 9.17) is 0 Å². The van der Waals surface area contributed by atoms with E-state index in [2.05, 4.69) is 24.9 Å². The Hall–Kier alpha value is -2.32. The van der Waals surface area contributed by atoms with Gasteiger partial charge >= 0.3 is 5.97 Å². The number of nitrogens with zero attached hydrogens (tertiary/aromatic N) is 3. The molecule has 2 saturated heterocycles. The minimum absolute atomic E-state index is 0.0795. The molecule has 1 N–H and O–H groups in total. The van der Waals surface area contributed by atoms with E-state index >= 15 is 0 Å². The third kappa shape index (κ3) is 3.54. The van der Waals surface area contributed by atoms with Crippen LogP contribution in [0.15, 0.2) is 35.3 Å². The number of hydrogen-bond donors (Lipinski definition) is 1. The Morgan fingerprint density at radius 2 is 2.21 bits per heavy atom. The van der Waals surface area contributed by atoms with E-state index in [9.17, 15) is 9.59 Å². The number of methoxy groups -OCH3 is 1. The summed E-state index contributed by atoms with van der Waals surface area (Å²) in [6.07, 6.45) is 5.21. The van der Waals surface area contributed by atoms with Gasteiger partial charge in [0, 0.05) is 36.6 Å². The van der Waals surface area contributed by atoms with E-state index in [1.54, 1.807) is 11.7 Å². The average Bonchev–Trinajstić information content (AvgIpc) is 3.43. The summed E-state index contributed by atoms with van der Waals surface area (Å²) < 4.78 is 4.68. The van der Waals surface area contributed by atoms with Crippen molar-refractivity contribution in [3.05, 3.63) is 46.7 Å². The highest BCUT2D eigenvalue weighted by atomic mass is 32.1. The molecule has 3 atom stereocenters. The van der Waals surface area contributed by atoms with Crippen molar-refractivity contribution in [1.82, 2.24) is 20.2 Å². The highest BCUT2D eigenvalue weighted by Gasteiger charge is 2.59. The Morgan fingerprint density at radius 1 is 1.32 bits per heavy atom. The summed E-state index contributed by atoms with van der Waals surface area (Å²) in [6, 6.07) is 6.38. The summed E-state index contributed by atoms with van der Waals surface area (Å²) in [5, 5.41) is 4.82. The Kier molecular flexibility index (Phi) is 5.41. The average molecular weight is 401 g/mol. The van der Waals surface area contributed by atoms with E-state index in [0.29, 0.717) is 12.5 Å². The molecule has 4 heterocycles. The van der Waals surface area contributed by atoms with Crippen LogP contribution in [0.25, 0.3) is 0 Å². The predicted molar refractivity (Wildman–Crippen MR) is 104 cm³/mol. The predicted octanol–water partition coefficient (Wildman–Crippen LogP) is 1.79. The number of hydrogen-bond acceptors (Lipinski definition) is 7. The van der Waals surface area contributed by atoms with Gasteiger partial charge in [0.1, 0.15) is 6.54 Å². The molecule has 0 aliphatic carbocycles. The highest BCUT2D eigenvalue weighted by molar-refractivity contribution is 7.07. The van der Waals surface area contributed by atoms with Gasteiger partial charge in [-0.1, -0.05) is 6.07 Å². The molecule has 0 unspecified atom stereocenters. The number of rotatable bonds is 7. The summed E-state index contributed by atoms with van der Waals surface area (Å²) in [5.41, 5.74) is 3.16. The summed E-state index contributed by atoms with van der Waals surface area (Å²) >= 11 is 1.54. The largest absolute Gasteiger partial charge is 0.468 e. The first kappa shape index (κ1) is 19.0. The second-order valence-electron chi connectivity index (χ2n) is 7.52. The third-order valence-electron chi connectivity index (χ3n) is 6.00. The molecule has 4 rings (SSSR count). The molecule has 0 saturated carbocycles. The standard InChI is InChI=1S/C20H24N4O3S/c1-27-18(25)10-22-19(26)20(8-15-12-28-13-23-15)9-16-5-6-17(20)24(16)11-14-4-2-3-7-21-14/h2-4,7,12-13,16-17H,5-6,8-11H2,1H3,(H,22,26)/t16-,17+,20+/m1/s1. The van der Waals surface area contributed by atoms with Crippen LogP contribution < -0.4 is 5.32 Å². The molecule has 0 aromatic carbocycles. The van der Waals surface area contributed by atoms with Gasteiger partial charge in [0.05, 0.1) is 29.4 Å². The lowest BCUT2D eigenvalue weighted by molar-refractivity contribution is -0.143. The number of carbonyl (C=O) groups is 2. The molecule has 2 aromatic rings. The Morgan fingerprint density at radius 3 is 2.93 bits per heavy atom. The van der Waals surface area contributed by atoms with E-state index in [1.807, 2.05) is 23.6 Å². The maximum absolute atomic E-state index is 13.3. The molecule has 28 heavy (non-hydrogen) atoms. The molecule has 2 aliphatic rings. The van der Waals surface area contributed by atoms with Crippen LogP contribution >= 0.6 is 11.3 Å². The van der Waals surface area contributed by atoms with Crippen LogP contribution in [0.5, 0.6) is 0 Å². The first-order chi connectivity index (χ1) is 13.6. The van der Waals surface area contributed by atoms with Gasteiger partial charge in [0.15, 0.2) is 0 Å². The number of carbonyl (C=O) groups excluding carboxylic acids is 2. The molecule has 2 aliphatic heterocycles. The zero-order valence-electron chi connectivity index (χ0n) is 15.8. The van der Waals surface area contributed by atoms with Gasteiger partial charge < -0.3 is 10.1 Å². The van der Waals surface area contributed by atoms with Gasteiger partial charge in [-0.05, 0) is 31.4 Å². The van der Waals surface area contributed by atoms with Crippen molar-refractivity contribution in [3.63, 3.8) is 0 Å². The molecule has 0 radical (unpaired) electrons. The molecule has 7 nitrogen and oxygen atoms in total. The lowest BCUT2D eigenvalue weighted by Gasteiger charge is -2.36. The number of fused-ring (bicyclic) bond motifs is 2. The summed E-state index contributed by atoms with van der Waals surface area (Å²) in [4.78, 5) is 36.2. The normalized spacial score (nSPS) is 26.3. The molecular weight excluding hydrogens is 376 g/mol. The van der Waals surface area contributed by atoms with Crippen LogP contribution in [0.4, 0.5) is 0 Å².